The second-order valence-corrected chi connectivity index (χ2v) is 12.0. The van der Waals surface area contributed by atoms with Crippen LogP contribution in [0.15, 0.2) is 60.0 Å². The van der Waals surface area contributed by atoms with Crippen molar-refractivity contribution in [2.24, 2.45) is 5.73 Å². The van der Waals surface area contributed by atoms with Crippen LogP contribution in [0.5, 0.6) is 0 Å². The molecule has 0 saturated heterocycles. The number of primary amides is 1. The maximum Gasteiger partial charge on any atom is 0.258 e. The van der Waals surface area contributed by atoms with Crippen LogP contribution >= 0.6 is 18.5 Å². The lowest BCUT2D eigenvalue weighted by molar-refractivity contribution is 0.0981. The summed E-state index contributed by atoms with van der Waals surface area (Å²) in [6.07, 6.45) is 0.362. The molecule has 30 heavy (non-hydrogen) atoms. The molecule has 2 aromatic carbocycles. The fourth-order valence-corrected chi connectivity index (χ4v) is 4.38. The van der Waals surface area contributed by atoms with Crippen LogP contribution in [0.1, 0.15) is 20.7 Å². The van der Waals surface area contributed by atoms with E-state index < -0.39 is 13.0 Å². The predicted octanol–water partition coefficient (Wildman–Crippen LogP) is 4.37. The molecule has 0 aliphatic carbocycles. The highest BCUT2D eigenvalue weighted by Crippen LogP contribution is 2.38. The normalized spacial score (nSPS) is 11.3. The van der Waals surface area contributed by atoms with Crippen LogP contribution in [0, 0.1) is 0 Å². The first-order valence-electron chi connectivity index (χ1n) is 9.35. The van der Waals surface area contributed by atoms with E-state index in [4.69, 9.17) is 11.5 Å². The highest BCUT2D eigenvalue weighted by molar-refractivity contribution is 7.62. The van der Waals surface area contributed by atoms with Gasteiger partial charge < -0.3 is 20.9 Å². The predicted molar refractivity (Wildman–Crippen MR) is 125 cm³/mol. The Labute approximate surface area is 179 Å². The summed E-state index contributed by atoms with van der Waals surface area (Å²) in [6, 6.07) is 15.7. The number of thiophene rings is 1. The fourth-order valence-electron chi connectivity index (χ4n) is 2.98. The van der Waals surface area contributed by atoms with Crippen molar-refractivity contribution in [3.63, 3.8) is 0 Å². The number of rotatable bonds is 7. The van der Waals surface area contributed by atoms with Crippen LogP contribution < -0.4 is 16.4 Å². The quantitative estimate of drug-likeness (QED) is 0.419. The molecule has 0 radical (unpaired) electrons. The summed E-state index contributed by atoms with van der Waals surface area (Å²) in [4.78, 5) is 27.3. The third-order valence-electron chi connectivity index (χ3n) is 4.65. The average Bonchev–Trinajstić information content (AvgIpc) is 3.23. The molecule has 0 bridgehead atoms. The Balaban J connectivity index is 2.02. The van der Waals surface area contributed by atoms with Gasteiger partial charge in [-0.3, -0.25) is 9.59 Å². The van der Waals surface area contributed by atoms with E-state index in [9.17, 15) is 14.2 Å². The van der Waals surface area contributed by atoms with Gasteiger partial charge in [0.1, 0.15) is 0 Å². The molecule has 0 atom stereocenters. The SMILES string of the molecule is CP(C)(=O)CCN(C(=O)c1ccc(C(N)=O)cc1)c1cc(-c2cccs2)ccc1N. The molecule has 0 aliphatic rings. The van der Waals surface area contributed by atoms with Gasteiger partial charge in [0.2, 0.25) is 5.91 Å². The van der Waals surface area contributed by atoms with E-state index in [2.05, 4.69) is 0 Å². The zero-order valence-corrected chi connectivity index (χ0v) is 18.6. The van der Waals surface area contributed by atoms with Crippen LogP contribution in [0.2, 0.25) is 0 Å². The smallest absolute Gasteiger partial charge is 0.258 e. The number of amides is 2. The summed E-state index contributed by atoms with van der Waals surface area (Å²) in [7, 11) is -2.36. The minimum Gasteiger partial charge on any atom is -0.397 e. The lowest BCUT2D eigenvalue weighted by Crippen LogP contribution is -2.34. The first-order valence-corrected chi connectivity index (χ1v) is 13.0. The molecule has 1 aromatic heterocycles. The highest BCUT2D eigenvalue weighted by atomic mass is 32.1. The molecule has 156 valence electrons. The lowest BCUT2D eigenvalue weighted by Gasteiger charge is -2.26. The summed E-state index contributed by atoms with van der Waals surface area (Å²) in [5.41, 5.74) is 14.2. The van der Waals surface area contributed by atoms with Gasteiger partial charge in [0, 0.05) is 28.7 Å². The van der Waals surface area contributed by atoms with Crippen molar-refractivity contribution < 1.29 is 14.2 Å². The molecular weight excluding hydrogens is 417 g/mol. The van der Waals surface area contributed by atoms with E-state index in [0.717, 1.165) is 10.4 Å². The van der Waals surface area contributed by atoms with Gasteiger partial charge in [0.05, 0.1) is 18.5 Å². The van der Waals surface area contributed by atoms with Crippen LogP contribution in [0.3, 0.4) is 0 Å². The number of nitrogens with two attached hydrogens (primary N) is 2. The topological polar surface area (TPSA) is 106 Å². The van der Waals surface area contributed by atoms with E-state index in [1.165, 1.54) is 12.1 Å². The number of carbonyl (C=O) groups excluding carboxylic acids is 2. The first-order chi connectivity index (χ1) is 14.2. The van der Waals surface area contributed by atoms with Crippen LogP contribution in [-0.4, -0.2) is 37.9 Å². The maximum atomic E-state index is 13.4. The second kappa shape index (κ2) is 8.86. The van der Waals surface area contributed by atoms with Crippen molar-refractivity contribution in [2.75, 3.05) is 36.7 Å². The molecule has 0 aliphatic heterocycles. The zero-order valence-electron chi connectivity index (χ0n) is 16.9. The second-order valence-electron chi connectivity index (χ2n) is 7.45. The molecule has 0 saturated carbocycles. The highest BCUT2D eigenvalue weighted by Gasteiger charge is 2.23. The van der Waals surface area contributed by atoms with Gasteiger partial charge in [-0.25, -0.2) is 0 Å². The van der Waals surface area contributed by atoms with E-state index in [0.29, 0.717) is 28.7 Å². The molecule has 3 rings (SSSR count). The maximum absolute atomic E-state index is 13.4. The summed E-state index contributed by atoms with van der Waals surface area (Å²) in [6.45, 7) is 3.66. The summed E-state index contributed by atoms with van der Waals surface area (Å²) < 4.78 is 12.3. The number of hydrogen-bond acceptors (Lipinski definition) is 5. The van der Waals surface area contributed by atoms with E-state index in [1.54, 1.807) is 47.8 Å². The molecule has 8 heteroatoms. The Hall–Kier alpha value is -2.89. The lowest BCUT2D eigenvalue weighted by atomic mass is 10.1. The Morgan fingerprint density at radius 2 is 1.70 bits per heavy atom. The molecule has 0 fully saturated rings. The van der Waals surface area contributed by atoms with E-state index in [1.807, 2.05) is 29.6 Å². The van der Waals surface area contributed by atoms with E-state index in [-0.39, 0.29) is 12.5 Å². The van der Waals surface area contributed by atoms with Crippen molar-refractivity contribution >= 4 is 41.7 Å². The van der Waals surface area contributed by atoms with Gasteiger partial charge in [0.25, 0.3) is 5.91 Å². The van der Waals surface area contributed by atoms with E-state index >= 15 is 0 Å². The fraction of sp³-hybridized carbons (Fsp3) is 0.182. The number of hydrogen-bond donors (Lipinski definition) is 2. The zero-order chi connectivity index (χ0) is 21.9. The van der Waals surface area contributed by atoms with Gasteiger partial charge in [0.15, 0.2) is 0 Å². The van der Waals surface area contributed by atoms with Crippen molar-refractivity contribution in [3.05, 3.63) is 71.1 Å². The van der Waals surface area contributed by atoms with Crippen LogP contribution in [0.4, 0.5) is 11.4 Å². The number of nitrogens with zero attached hydrogens (tertiary/aromatic N) is 1. The molecule has 0 unspecified atom stereocenters. The van der Waals surface area contributed by atoms with Crippen molar-refractivity contribution in [3.8, 4) is 10.4 Å². The number of benzene rings is 2. The monoisotopic (exact) mass is 441 g/mol. The molecule has 2 amide bonds. The minimum atomic E-state index is -2.36. The van der Waals surface area contributed by atoms with Crippen LogP contribution in [0.25, 0.3) is 10.4 Å². The minimum absolute atomic E-state index is 0.263. The molecule has 3 aromatic rings. The molecule has 4 N–H and O–H groups in total. The first kappa shape index (κ1) is 21.8. The van der Waals surface area contributed by atoms with Gasteiger partial charge in [-0.05, 0) is 66.7 Å². The molecule has 0 spiro atoms. The van der Waals surface area contributed by atoms with Crippen LogP contribution in [-0.2, 0) is 4.57 Å². The number of carbonyl (C=O) groups is 2. The Morgan fingerprint density at radius 1 is 1.03 bits per heavy atom. The molecule has 6 nitrogen and oxygen atoms in total. The van der Waals surface area contributed by atoms with Crippen molar-refractivity contribution in [1.29, 1.82) is 0 Å². The summed E-state index contributed by atoms with van der Waals surface area (Å²) in [5, 5.41) is 1.99. The number of nitrogen functional groups attached to an aromatic ring is 1. The van der Waals surface area contributed by atoms with Gasteiger partial charge in [-0.15, -0.1) is 11.3 Å². The molecule has 1 heterocycles. The third-order valence-corrected chi connectivity index (χ3v) is 6.85. The third kappa shape index (κ3) is 5.17. The molecular formula is C22H24N3O3PS. The van der Waals surface area contributed by atoms with Gasteiger partial charge in [-0.1, -0.05) is 12.1 Å². The van der Waals surface area contributed by atoms with Crippen molar-refractivity contribution in [2.45, 2.75) is 0 Å². The summed E-state index contributed by atoms with van der Waals surface area (Å²) in [5.74, 6) is -0.842. The largest absolute Gasteiger partial charge is 0.397 e. The average molecular weight is 441 g/mol. The Kier molecular flexibility index (Phi) is 6.44. The van der Waals surface area contributed by atoms with Gasteiger partial charge >= 0.3 is 0 Å². The summed E-state index contributed by atoms with van der Waals surface area (Å²) >= 11 is 1.60. The standard InChI is InChI=1S/C22H24N3O3PS/c1-29(2,28)12-11-25(22(27)16-7-5-15(6-8-16)21(24)26)19-14-17(9-10-18(19)23)20-4-3-13-30-20/h3-10,13-14H,11-12,23H2,1-2H3,(H2,24,26). The Morgan fingerprint density at radius 3 is 2.27 bits per heavy atom. The number of anilines is 2. The van der Waals surface area contributed by atoms with Crippen molar-refractivity contribution in [1.82, 2.24) is 0 Å². The van der Waals surface area contributed by atoms with Gasteiger partial charge in [-0.2, -0.15) is 0 Å². The Bertz CT molecular complexity index is 1110.